The molecule has 0 bridgehead atoms. The molecule has 2 aromatic carbocycles. The molecule has 9 heteroatoms. The van der Waals surface area contributed by atoms with Crippen LogP contribution < -0.4 is 10.0 Å². The molecule has 1 amide bonds. The molecule has 0 radical (unpaired) electrons. The molecular weight excluding hydrogens is 446 g/mol. The number of benzene rings is 2. The first-order valence-corrected chi connectivity index (χ1v) is 12.1. The van der Waals surface area contributed by atoms with Gasteiger partial charge >= 0.3 is 0 Å². The van der Waals surface area contributed by atoms with Crippen molar-refractivity contribution in [1.82, 2.24) is 4.98 Å². The average molecular weight is 468 g/mol. The van der Waals surface area contributed by atoms with Gasteiger partial charge in [0.15, 0.2) is 10.8 Å². The molecule has 0 atom stereocenters. The highest BCUT2D eigenvalue weighted by molar-refractivity contribution is 7.92. The number of sulfonamides is 1. The smallest absolute Gasteiger partial charge is 0.267 e. The molecule has 7 nitrogen and oxygen atoms in total. The SMILES string of the molecule is Cc1ccc(S(=O)(=O)Nc2ccc(NC(=O)c3sc(-c4ccc(C)o4)nc3C)cc2)cc1. The highest BCUT2D eigenvalue weighted by Gasteiger charge is 2.18. The van der Waals surface area contributed by atoms with E-state index in [1.807, 2.05) is 26.0 Å². The van der Waals surface area contributed by atoms with Gasteiger partial charge in [0.2, 0.25) is 0 Å². The Morgan fingerprint density at radius 2 is 1.56 bits per heavy atom. The van der Waals surface area contributed by atoms with Crippen molar-refractivity contribution in [1.29, 1.82) is 0 Å². The average Bonchev–Trinajstić information content (AvgIpc) is 3.35. The maximum absolute atomic E-state index is 12.7. The predicted octanol–water partition coefficient (Wildman–Crippen LogP) is 5.38. The second kappa shape index (κ2) is 8.60. The first-order chi connectivity index (χ1) is 15.2. The fraction of sp³-hybridized carbons (Fsp3) is 0.130. The Morgan fingerprint density at radius 1 is 0.906 bits per heavy atom. The van der Waals surface area contributed by atoms with Crippen molar-refractivity contribution >= 4 is 38.6 Å². The van der Waals surface area contributed by atoms with Crippen molar-refractivity contribution in [2.75, 3.05) is 10.0 Å². The molecule has 0 unspecified atom stereocenters. The number of hydrogen-bond donors (Lipinski definition) is 2. The third-order valence-corrected chi connectivity index (χ3v) is 7.25. The predicted molar refractivity (Wildman–Crippen MR) is 126 cm³/mol. The van der Waals surface area contributed by atoms with Crippen molar-refractivity contribution in [2.24, 2.45) is 0 Å². The van der Waals surface area contributed by atoms with Crippen molar-refractivity contribution < 1.29 is 17.6 Å². The molecule has 0 saturated carbocycles. The van der Waals surface area contributed by atoms with Crippen LogP contribution in [0, 0.1) is 20.8 Å². The summed E-state index contributed by atoms with van der Waals surface area (Å²) >= 11 is 1.25. The zero-order valence-corrected chi connectivity index (χ0v) is 19.3. The van der Waals surface area contributed by atoms with Gasteiger partial charge < -0.3 is 9.73 Å². The summed E-state index contributed by atoms with van der Waals surface area (Å²) in [6.45, 7) is 5.51. The van der Waals surface area contributed by atoms with Gasteiger partial charge in [0.25, 0.3) is 15.9 Å². The van der Waals surface area contributed by atoms with Crippen LogP contribution in [0.5, 0.6) is 0 Å². The minimum Gasteiger partial charge on any atom is -0.459 e. The quantitative estimate of drug-likeness (QED) is 0.396. The van der Waals surface area contributed by atoms with Gasteiger partial charge in [0.1, 0.15) is 10.6 Å². The Bertz CT molecular complexity index is 1370. The molecule has 0 aliphatic heterocycles. The number of nitrogens with one attached hydrogen (secondary N) is 2. The van der Waals surface area contributed by atoms with Crippen LogP contribution in [0.3, 0.4) is 0 Å². The van der Waals surface area contributed by atoms with Gasteiger partial charge in [0.05, 0.1) is 10.6 Å². The number of nitrogens with zero attached hydrogens (tertiary/aromatic N) is 1. The van der Waals surface area contributed by atoms with Gasteiger partial charge in [-0.1, -0.05) is 17.7 Å². The van der Waals surface area contributed by atoms with E-state index < -0.39 is 10.0 Å². The van der Waals surface area contributed by atoms with E-state index in [1.165, 1.54) is 11.3 Å². The third-order valence-electron chi connectivity index (χ3n) is 4.68. The lowest BCUT2D eigenvalue weighted by atomic mass is 10.2. The second-order valence-electron chi connectivity index (χ2n) is 7.29. The van der Waals surface area contributed by atoms with Gasteiger partial charge in [-0.3, -0.25) is 9.52 Å². The Morgan fingerprint density at radius 3 is 2.19 bits per heavy atom. The molecule has 4 aromatic rings. The fourth-order valence-corrected chi connectivity index (χ4v) is 4.98. The first-order valence-electron chi connectivity index (χ1n) is 9.76. The topological polar surface area (TPSA) is 101 Å². The molecule has 2 aromatic heterocycles. The van der Waals surface area contributed by atoms with E-state index >= 15 is 0 Å². The van der Waals surface area contributed by atoms with Crippen molar-refractivity contribution in [3.63, 3.8) is 0 Å². The molecule has 164 valence electrons. The highest BCUT2D eigenvalue weighted by atomic mass is 32.2. The van der Waals surface area contributed by atoms with Crippen LogP contribution in [-0.2, 0) is 10.0 Å². The van der Waals surface area contributed by atoms with Gasteiger partial charge in [-0.15, -0.1) is 11.3 Å². The van der Waals surface area contributed by atoms with Crippen LogP contribution in [0.15, 0.2) is 70.0 Å². The number of carbonyl (C=O) groups excluding carboxylic acids is 1. The minimum absolute atomic E-state index is 0.184. The summed E-state index contributed by atoms with van der Waals surface area (Å²) in [6.07, 6.45) is 0. The molecule has 0 fully saturated rings. The number of anilines is 2. The van der Waals surface area contributed by atoms with E-state index in [4.69, 9.17) is 4.42 Å². The summed E-state index contributed by atoms with van der Waals surface area (Å²) in [7, 11) is -3.69. The summed E-state index contributed by atoms with van der Waals surface area (Å²) < 4.78 is 33.2. The fourth-order valence-electron chi connectivity index (χ4n) is 3.00. The Kier molecular flexibility index (Phi) is 5.86. The van der Waals surface area contributed by atoms with E-state index in [1.54, 1.807) is 55.5 Å². The molecule has 2 heterocycles. The lowest BCUT2D eigenvalue weighted by Crippen LogP contribution is -2.13. The number of carbonyl (C=O) groups is 1. The molecule has 2 N–H and O–H groups in total. The van der Waals surface area contributed by atoms with Crippen LogP contribution >= 0.6 is 11.3 Å². The molecular formula is C23H21N3O4S2. The molecule has 32 heavy (non-hydrogen) atoms. The van der Waals surface area contributed by atoms with E-state index in [2.05, 4.69) is 15.0 Å². The summed E-state index contributed by atoms with van der Waals surface area (Å²) in [5.74, 6) is 1.11. The number of amides is 1. The van der Waals surface area contributed by atoms with Crippen molar-refractivity contribution in [3.05, 3.63) is 82.6 Å². The third kappa shape index (κ3) is 4.74. The molecule has 0 aliphatic rings. The summed E-state index contributed by atoms with van der Waals surface area (Å²) in [5.41, 5.74) is 2.52. The van der Waals surface area contributed by atoms with E-state index in [-0.39, 0.29) is 10.8 Å². The molecule has 0 saturated heterocycles. The molecule has 0 spiro atoms. The van der Waals surface area contributed by atoms with E-state index in [0.717, 1.165) is 11.3 Å². The number of aryl methyl sites for hydroxylation is 3. The Balaban J connectivity index is 1.45. The van der Waals surface area contributed by atoms with Crippen molar-refractivity contribution in [3.8, 4) is 10.8 Å². The lowest BCUT2D eigenvalue weighted by Gasteiger charge is -2.10. The molecule has 4 rings (SSSR count). The van der Waals surface area contributed by atoms with Crippen LogP contribution in [0.4, 0.5) is 11.4 Å². The lowest BCUT2D eigenvalue weighted by molar-refractivity contribution is 0.103. The maximum atomic E-state index is 12.7. The monoisotopic (exact) mass is 467 g/mol. The largest absolute Gasteiger partial charge is 0.459 e. The Hall–Kier alpha value is -3.43. The van der Waals surface area contributed by atoms with Gasteiger partial charge in [-0.2, -0.15) is 0 Å². The number of aromatic nitrogens is 1. The number of rotatable bonds is 6. The minimum atomic E-state index is -3.69. The normalized spacial score (nSPS) is 11.3. The van der Waals surface area contributed by atoms with Crippen molar-refractivity contribution in [2.45, 2.75) is 25.7 Å². The summed E-state index contributed by atoms with van der Waals surface area (Å²) in [5, 5.41) is 3.46. The zero-order valence-electron chi connectivity index (χ0n) is 17.7. The van der Waals surface area contributed by atoms with Crippen LogP contribution in [0.1, 0.15) is 26.7 Å². The van der Waals surface area contributed by atoms with Gasteiger partial charge in [0, 0.05) is 11.4 Å². The van der Waals surface area contributed by atoms with Gasteiger partial charge in [-0.05, 0) is 69.3 Å². The number of hydrogen-bond acceptors (Lipinski definition) is 6. The number of furan rings is 1. The molecule has 0 aliphatic carbocycles. The highest BCUT2D eigenvalue weighted by Crippen LogP contribution is 2.30. The van der Waals surface area contributed by atoms with Crippen LogP contribution in [0.2, 0.25) is 0 Å². The van der Waals surface area contributed by atoms with Crippen LogP contribution in [0.25, 0.3) is 10.8 Å². The Labute approximate surface area is 190 Å². The first kappa shape index (κ1) is 21.8. The van der Waals surface area contributed by atoms with E-state index in [0.29, 0.717) is 32.7 Å². The zero-order chi connectivity index (χ0) is 22.9. The maximum Gasteiger partial charge on any atom is 0.267 e. The van der Waals surface area contributed by atoms with Gasteiger partial charge in [-0.25, -0.2) is 13.4 Å². The van der Waals surface area contributed by atoms with E-state index in [9.17, 15) is 13.2 Å². The standard InChI is InChI=1S/C23H21N3O4S2/c1-14-4-11-19(12-5-14)32(28,29)26-18-9-7-17(8-10-18)25-22(27)21-16(3)24-23(31-21)20-13-6-15(2)30-20/h4-13,26H,1-3H3,(H,25,27). The number of thiazole rings is 1. The summed E-state index contributed by atoms with van der Waals surface area (Å²) in [4.78, 5) is 17.8. The second-order valence-corrected chi connectivity index (χ2v) is 9.98. The summed E-state index contributed by atoms with van der Waals surface area (Å²) in [6, 6.07) is 16.7. The van der Waals surface area contributed by atoms with Crippen LogP contribution in [-0.4, -0.2) is 19.3 Å².